The van der Waals surface area contributed by atoms with E-state index in [2.05, 4.69) is 21.3 Å². The number of carbonyl (C=O) groups is 3. The van der Waals surface area contributed by atoms with E-state index >= 15 is 0 Å². The molecule has 0 bridgehead atoms. The lowest BCUT2D eigenvalue weighted by Gasteiger charge is -2.22. The van der Waals surface area contributed by atoms with Gasteiger partial charge in [-0.1, -0.05) is 19.3 Å². The molecule has 8 heteroatoms. The lowest BCUT2D eigenvalue weighted by Crippen LogP contribution is -2.39. The zero-order valence-corrected chi connectivity index (χ0v) is 16.7. The second kappa shape index (κ2) is 10.8. The number of nitrogens with one attached hydrogen (secondary N) is 4. The van der Waals surface area contributed by atoms with Gasteiger partial charge in [0, 0.05) is 37.0 Å². The van der Waals surface area contributed by atoms with Crippen molar-refractivity contribution < 1.29 is 19.1 Å². The van der Waals surface area contributed by atoms with E-state index in [1.165, 1.54) is 6.42 Å². The summed E-state index contributed by atoms with van der Waals surface area (Å²) < 4.78 is 5.31. The van der Waals surface area contributed by atoms with Crippen molar-refractivity contribution in [1.29, 1.82) is 0 Å². The minimum absolute atomic E-state index is 0.126. The van der Waals surface area contributed by atoms with Gasteiger partial charge in [-0.15, -0.1) is 0 Å². The molecule has 0 aromatic heterocycles. The van der Waals surface area contributed by atoms with Crippen LogP contribution in [-0.2, 0) is 9.53 Å². The van der Waals surface area contributed by atoms with Gasteiger partial charge in [-0.2, -0.15) is 0 Å². The number of hydrogen-bond acceptors (Lipinski definition) is 4. The van der Waals surface area contributed by atoms with E-state index in [9.17, 15) is 14.4 Å². The third-order valence-electron chi connectivity index (χ3n) is 5.28. The quantitative estimate of drug-likeness (QED) is 0.524. The molecule has 0 radical (unpaired) electrons. The summed E-state index contributed by atoms with van der Waals surface area (Å²) in [5.74, 6) is -0.353. The van der Waals surface area contributed by atoms with E-state index in [-0.39, 0.29) is 30.0 Å². The van der Waals surface area contributed by atoms with Crippen LogP contribution in [-0.4, -0.2) is 49.7 Å². The molecule has 29 heavy (non-hydrogen) atoms. The summed E-state index contributed by atoms with van der Waals surface area (Å²) in [4.78, 5) is 36.1. The fourth-order valence-electron chi connectivity index (χ4n) is 3.67. The van der Waals surface area contributed by atoms with E-state index in [1.807, 2.05) is 0 Å². The van der Waals surface area contributed by atoms with Gasteiger partial charge in [0.2, 0.25) is 5.91 Å². The highest BCUT2D eigenvalue weighted by molar-refractivity contribution is 5.95. The highest BCUT2D eigenvalue weighted by Gasteiger charge is 2.22. The topological polar surface area (TPSA) is 109 Å². The first-order valence-corrected chi connectivity index (χ1v) is 10.5. The van der Waals surface area contributed by atoms with Gasteiger partial charge in [-0.25, -0.2) is 4.79 Å². The summed E-state index contributed by atoms with van der Waals surface area (Å²) in [5.41, 5.74) is 1.13. The Bertz CT molecular complexity index is 695. The Hall–Kier alpha value is -2.61. The van der Waals surface area contributed by atoms with Crippen molar-refractivity contribution in [1.82, 2.24) is 16.0 Å². The Morgan fingerprint density at radius 1 is 0.897 bits per heavy atom. The second-order valence-electron chi connectivity index (χ2n) is 7.56. The third-order valence-corrected chi connectivity index (χ3v) is 5.28. The van der Waals surface area contributed by atoms with E-state index in [0.717, 1.165) is 38.5 Å². The van der Waals surface area contributed by atoms with Crippen molar-refractivity contribution in [3.63, 3.8) is 0 Å². The van der Waals surface area contributed by atoms with E-state index in [1.54, 1.807) is 24.3 Å². The van der Waals surface area contributed by atoms with Crippen molar-refractivity contribution in [3.05, 3.63) is 29.8 Å². The molecular weight excluding hydrogens is 372 g/mol. The van der Waals surface area contributed by atoms with Gasteiger partial charge in [0.05, 0.1) is 0 Å². The molecule has 3 rings (SSSR count). The maximum Gasteiger partial charge on any atom is 0.319 e. The van der Waals surface area contributed by atoms with Crippen LogP contribution in [0.1, 0.15) is 55.3 Å². The van der Waals surface area contributed by atoms with Crippen molar-refractivity contribution in [2.45, 2.75) is 57.1 Å². The normalized spacial score (nSPS) is 19.4. The molecule has 1 aliphatic carbocycles. The average Bonchev–Trinajstić information content (AvgIpc) is 3.27. The number of urea groups is 1. The van der Waals surface area contributed by atoms with Gasteiger partial charge < -0.3 is 26.0 Å². The monoisotopic (exact) mass is 402 g/mol. The van der Waals surface area contributed by atoms with Crippen LogP contribution in [0, 0.1) is 0 Å². The molecule has 158 valence electrons. The minimum atomic E-state index is -0.360. The zero-order chi connectivity index (χ0) is 20.5. The molecule has 8 nitrogen and oxygen atoms in total. The van der Waals surface area contributed by atoms with Crippen LogP contribution < -0.4 is 21.3 Å². The van der Waals surface area contributed by atoms with Crippen LogP contribution in [0.4, 0.5) is 10.5 Å². The van der Waals surface area contributed by atoms with E-state index in [0.29, 0.717) is 30.9 Å². The fourth-order valence-corrected chi connectivity index (χ4v) is 3.67. The lowest BCUT2D eigenvalue weighted by atomic mass is 9.96. The summed E-state index contributed by atoms with van der Waals surface area (Å²) in [5, 5.41) is 11.3. The maximum absolute atomic E-state index is 12.2. The van der Waals surface area contributed by atoms with Crippen LogP contribution in [0.2, 0.25) is 0 Å². The number of rotatable bonds is 7. The largest absolute Gasteiger partial charge is 0.368 e. The molecule has 1 aromatic carbocycles. The maximum atomic E-state index is 12.2. The van der Waals surface area contributed by atoms with Crippen molar-refractivity contribution in [2.24, 2.45) is 0 Å². The van der Waals surface area contributed by atoms with E-state index in [4.69, 9.17) is 4.74 Å². The summed E-state index contributed by atoms with van der Waals surface area (Å²) in [6, 6.07) is 6.77. The van der Waals surface area contributed by atoms with Gasteiger partial charge in [-0.3, -0.25) is 9.59 Å². The Balaban J connectivity index is 1.35. The molecule has 1 atom stereocenters. The van der Waals surface area contributed by atoms with Gasteiger partial charge in [0.25, 0.3) is 5.91 Å². The van der Waals surface area contributed by atoms with Crippen LogP contribution in [0.25, 0.3) is 0 Å². The van der Waals surface area contributed by atoms with Gasteiger partial charge in [-0.05, 0) is 49.9 Å². The standard InChI is InChI=1S/C21H30N4O4/c26-19(22-12-13-23-20(27)18-7-4-14-29-18)15-8-10-17(11-9-15)25-21(28)24-16-5-2-1-3-6-16/h8-11,16,18H,1-7,12-14H2,(H,22,26)(H,23,27)(H2,24,25,28). The van der Waals surface area contributed by atoms with Crippen LogP contribution in [0.3, 0.4) is 0 Å². The summed E-state index contributed by atoms with van der Waals surface area (Å²) in [6.07, 6.45) is 6.91. The highest BCUT2D eigenvalue weighted by atomic mass is 16.5. The number of ether oxygens (including phenoxy) is 1. The highest BCUT2D eigenvalue weighted by Crippen LogP contribution is 2.17. The van der Waals surface area contributed by atoms with Gasteiger partial charge in [0.15, 0.2) is 0 Å². The predicted octanol–water partition coefficient (Wildman–Crippen LogP) is 2.17. The van der Waals surface area contributed by atoms with E-state index < -0.39 is 0 Å². The van der Waals surface area contributed by atoms with Crippen molar-refractivity contribution in [2.75, 3.05) is 25.0 Å². The third kappa shape index (κ3) is 6.74. The molecule has 2 aliphatic rings. The number of hydrogen-bond donors (Lipinski definition) is 4. The van der Waals surface area contributed by atoms with Crippen molar-refractivity contribution in [3.8, 4) is 0 Å². The Morgan fingerprint density at radius 3 is 2.31 bits per heavy atom. The first kappa shape index (κ1) is 21.1. The first-order valence-electron chi connectivity index (χ1n) is 10.5. The fraction of sp³-hybridized carbons (Fsp3) is 0.571. The average molecular weight is 402 g/mol. The predicted molar refractivity (Wildman–Crippen MR) is 110 cm³/mol. The molecule has 1 heterocycles. The Morgan fingerprint density at radius 2 is 1.62 bits per heavy atom. The van der Waals surface area contributed by atoms with Crippen molar-refractivity contribution >= 4 is 23.5 Å². The van der Waals surface area contributed by atoms with Gasteiger partial charge >= 0.3 is 6.03 Å². The minimum Gasteiger partial charge on any atom is -0.368 e. The number of anilines is 1. The molecule has 2 fully saturated rings. The molecule has 1 unspecified atom stereocenters. The second-order valence-corrected chi connectivity index (χ2v) is 7.56. The Kier molecular flexibility index (Phi) is 7.86. The molecular formula is C21H30N4O4. The summed E-state index contributed by atoms with van der Waals surface area (Å²) >= 11 is 0. The molecule has 1 aromatic rings. The lowest BCUT2D eigenvalue weighted by molar-refractivity contribution is -0.129. The number of benzene rings is 1. The molecule has 1 saturated carbocycles. The number of carbonyl (C=O) groups excluding carboxylic acids is 3. The smallest absolute Gasteiger partial charge is 0.319 e. The van der Waals surface area contributed by atoms with Crippen LogP contribution in [0.15, 0.2) is 24.3 Å². The molecule has 1 saturated heterocycles. The van der Waals surface area contributed by atoms with Crippen LogP contribution in [0.5, 0.6) is 0 Å². The molecule has 4 N–H and O–H groups in total. The number of amides is 4. The zero-order valence-electron chi connectivity index (χ0n) is 16.7. The molecule has 4 amide bonds. The van der Waals surface area contributed by atoms with Gasteiger partial charge in [0.1, 0.15) is 6.10 Å². The SMILES string of the molecule is O=C(Nc1ccc(C(=O)NCCNC(=O)C2CCCO2)cc1)NC1CCCCC1. The summed E-state index contributed by atoms with van der Waals surface area (Å²) in [6.45, 7) is 1.31. The Labute approximate surface area is 171 Å². The van der Waals surface area contributed by atoms with Crippen LogP contribution >= 0.6 is 0 Å². The first-order chi connectivity index (χ1) is 14.1. The molecule has 0 spiro atoms. The summed E-state index contributed by atoms with van der Waals surface area (Å²) in [7, 11) is 0. The molecule has 1 aliphatic heterocycles.